The third-order valence-corrected chi connectivity index (χ3v) is 5.69. The molecule has 0 amide bonds. The van der Waals surface area contributed by atoms with Gasteiger partial charge < -0.3 is 14.3 Å². The van der Waals surface area contributed by atoms with Crippen LogP contribution in [0, 0.1) is 0 Å². The number of imidazole rings is 1. The van der Waals surface area contributed by atoms with Crippen LogP contribution in [0.2, 0.25) is 0 Å². The fourth-order valence-electron chi connectivity index (χ4n) is 3.98. The van der Waals surface area contributed by atoms with E-state index in [-0.39, 0.29) is 36.7 Å². The molecule has 2 aromatic carbocycles. The number of carbonyl (C=O) groups is 1. The van der Waals surface area contributed by atoms with Gasteiger partial charge in [0.2, 0.25) is 0 Å². The lowest BCUT2D eigenvalue weighted by Gasteiger charge is -2.12. The second kappa shape index (κ2) is 10.3. The van der Waals surface area contributed by atoms with Gasteiger partial charge in [0.05, 0.1) is 35.1 Å². The molecule has 8 heteroatoms. The van der Waals surface area contributed by atoms with Crippen molar-refractivity contribution in [1.82, 2.24) is 19.1 Å². The maximum atomic E-state index is 12.9. The molecule has 2 aromatic heterocycles. The number of carbonyl (C=O) groups excluding carboxylic acids is 1. The molecule has 2 heterocycles. The van der Waals surface area contributed by atoms with Crippen LogP contribution in [0.15, 0.2) is 58.1 Å². The lowest BCUT2D eigenvalue weighted by molar-refractivity contribution is -0.143. The lowest BCUT2D eigenvalue weighted by Crippen LogP contribution is -2.26. The summed E-state index contributed by atoms with van der Waals surface area (Å²) in [5.41, 5.74) is 3.24. The Morgan fingerprint density at radius 1 is 0.970 bits per heavy atom. The Kier molecular flexibility index (Phi) is 7.02. The average Bonchev–Trinajstić information content (AvgIpc) is 3.15. The van der Waals surface area contributed by atoms with Gasteiger partial charge in [-0.05, 0) is 37.1 Å². The molecule has 0 radical (unpaired) electrons. The molecular formula is C25H28N4O4. The molecule has 0 aliphatic rings. The SMILES string of the molecule is CCCCn1c(=O)c(CCC(=O)OCCCn2c(=O)[nH]c3ccccc32)nc2ccccc21. The van der Waals surface area contributed by atoms with Crippen molar-refractivity contribution >= 4 is 28.0 Å². The number of aromatic amines is 1. The van der Waals surface area contributed by atoms with Crippen LogP contribution in [-0.4, -0.2) is 31.7 Å². The summed E-state index contributed by atoms with van der Waals surface area (Å²) in [4.78, 5) is 44.6. The highest BCUT2D eigenvalue weighted by atomic mass is 16.5. The van der Waals surface area contributed by atoms with Crippen molar-refractivity contribution < 1.29 is 9.53 Å². The Morgan fingerprint density at radius 2 is 1.70 bits per heavy atom. The number of unbranched alkanes of at least 4 members (excludes halogenated alkanes) is 1. The van der Waals surface area contributed by atoms with Gasteiger partial charge in [-0.2, -0.15) is 0 Å². The van der Waals surface area contributed by atoms with Crippen LogP contribution in [0.3, 0.4) is 0 Å². The van der Waals surface area contributed by atoms with Gasteiger partial charge in [-0.1, -0.05) is 37.6 Å². The van der Waals surface area contributed by atoms with Crippen LogP contribution in [0.4, 0.5) is 0 Å². The molecule has 0 aliphatic carbocycles. The zero-order chi connectivity index (χ0) is 23.2. The monoisotopic (exact) mass is 448 g/mol. The van der Waals surface area contributed by atoms with Crippen LogP contribution < -0.4 is 11.2 Å². The molecule has 0 atom stereocenters. The molecule has 0 fully saturated rings. The van der Waals surface area contributed by atoms with Gasteiger partial charge in [-0.15, -0.1) is 0 Å². The van der Waals surface area contributed by atoms with Crippen LogP contribution in [0.25, 0.3) is 22.1 Å². The van der Waals surface area contributed by atoms with Gasteiger partial charge in [0.15, 0.2) is 0 Å². The molecule has 172 valence electrons. The number of aryl methyl sites for hydroxylation is 3. The zero-order valence-corrected chi connectivity index (χ0v) is 18.8. The van der Waals surface area contributed by atoms with Gasteiger partial charge in [-0.3, -0.25) is 14.2 Å². The Hall–Kier alpha value is -3.68. The van der Waals surface area contributed by atoms with E-state index in [1.165, 1.54) is 0 Å². The molecule has 0 unspecified atom stereocenters. The van der Waals surface area contributed by atoms with Crippen molar-refractivity contribution in [2.24, 2.45) is 0 Å². The van der Waals surface area contributed by atoms with Crippen molar-refractivity contribution in [1.29, 1.82) is 0 Å². The minimum absolute atomic E-state index is 0.0847. The normalized spacial score (nSPS) is 11.3. The smallest absolute Gasteiger partial charge is 0.326 e. The van der Waals surface area contributed by atoms with E-state index in [4.69, 9.17) is 4.74 Å². The number of esters is 1. The molecule has 0 saturated carbocycles. The summed E-state index contributed by atoms with van der Waals surface area (Å²) in [6.45, 7) is 3.37. The summed E-state index contributed by atoms with van der Waals surface area (Å²) >= 11 is 0. The number of H-pyrrole nitrogens is 1. The lowest BCUT2D eigenvalue weighted by atomic mass is 10.2. The number of nitrogens with one attached hydrogen (secondary N) is 1. The summed E-state index contributed by atoms with van der Waals surface area (Å²) in [6.07, 6.45) is 2.72. The number of benzene rings is 2. The predicted octanol–water partition coefficient (Wildman–Crippen LogP) is 3.41. The topological polar surface area (TPSA) is 99.0 Å². The van der Waals surface area contributed by atoms with Gasteiger partial charge >= 0.3 is 11.7 Å². The van der Waals surface area contributed by atoms with Gasteiger partial charge in [0.1, 0.15) is 5.69 Å². The van der Waals surface area contributed by atoms with Crippen LogP contribution >= 0.6 is 0 Å². The fourth-order valence-corrected chi connectivity index (χ4v) is 3.98. The largest absolute Gasteiger partial charge is 0.466 e. The quantitative estimate of drug-likeness (QED) is 0.296. The second-order valence-electron chi connectivity index (χ2n) is 8.03. The first-order chi connectivity index (χ1) is 16.1. The number of aromatic nitrogens is 4. The average molecular weight is 449 g/mol. The van der Waals surface area contributed by atoms with Gasteiger partial charge in [0.25, 0.3) is 5.56 Å². The minimum Gasteiger partial charge on any atom is -0.466 e. The van der Waals surface area contributed by atoms with Crippen molar-refractivity contribution in [3.63, 3.8) is 0 Å². The van der Waals surface area contributed by atoms with E-state index < -0.39 is 0 Å². The molecule has 8 nitrogen and oxygen atoms in total. The maximum Gasteiger partial charge on any atom is 0.326 e. The summed E-state index contributed by atoms with van der Waals surface area (Å²) in [7, 11) is 0. The van der Waals surface area contributed by atoms with Crippen molar-refractivity contribution in [2.75, 3.05) is 6.61 Å². The van der Waals surface area contributed by atoms with E-state index >= 15 is 0 Å². The summed E-state index contributed by atoms with van der Waals surface area (Å²) in [5.74, 6) is -0.379. The van der Waals surface area contributed by atoms with E-state index in [1.807, 2.05) is 48.5 Å². The molecule has 4 aromatic rings. The number of ether oxygens (including phenoxy) is 1. The van der Waals surface area contributed by atoms with E-state index in [1.54, 1.807) is 9.13 Å². The minimum atomic E-state index is -0.379. The van der Waals surface area contributed by atoms with Crippen molar-refractivity contribution in [3.8, 4) is 0 Å². The molecule has 0 bridgehead atoms. The molecule has 4 rings (SSSR count). The van der Waals surface area contributed by atoms with Crippen molar-refractivity contribution in [3.05, 3.63) is 75.1 Å². The highest BCUT2D eigenvalue weighted by molar-refractivity contribution is 5.75. The first-order valence-electron chi connectivity index (χ1n) is 11.4. The van der Waals surface area contributed by atoms with Crippen LogP contribution in [0.5, 0.6) is 0 Å². The fraction of sp³-hybridized carbons (Fsp3) is 0.360. The molecule has 1 N–H and O–H groups in total. The van der Waals surface area contributed by atoms with Gasteiger partial charge in [-0.25, -0.2) is 9.78 Å². The third-order valence-electron chi connectivity index (χ3n) is 5.69. The highest BCUT2D eigenvalue weighted by Gasteiger charge is 2.13. The zero-order valence-electron chi connectivity index (χ0n) is 18.8. The van der Waals surface area contributed by atoms with Crippen LogP contribution in [-0.2, 0) is 29.0 Å². The van der Waals surface area contributed by atoms with E-state index in [0.29, 0.717) is 25.2 Å². The van der Waals surface area contributed by atoms with E-state index in [0.717, 1.165) is 34.9 Å². The Balaban J connectivity index is 1.34. The number of hydrogen-bond acceptors (Lipinski definition) is 5. The maximum absolute atomic E-state index is 12.9. The molecule has 0 aliphatic heterocycles. The first-order valence-corrected chi connectivity index (χ1v) is 11.4. The number of fused-ring (bicyclic) bond motifs is 2. The Bertz CT molecular complexity index is 1380. The Labute approximate surface area is 190 Å². The van der Waals surface area contributed by atoms with Crippen LogP contribution in [0.1, 0.15) is 38.3 Å². The number of nitrogens with zero attached hydrogens (tertiary/aromatic N) is 3. The summed E-state index contributed by atoms with van der Waals surface area (Å²) in [6, 6.07) is 15.0. The molecular weight excluding hydrogens is 420 g/mol. The number of para-hydroxylation sites is 4. The van der Waals surface area contributed by atoms with Gasteiger partial charge in [0, 0.05) is 19.5 Å². The number of rotatable bonds is 10. The second-order valence-corrected chi connectivity index (χ2v) is 8.03. The number of hydrogen-bond donors (Lipinski definition) is 1. The standard InChI is InChI=1S/C25H28N4O4/c1-2-3-15-28-21-11-6-4-9-18(21)26-20(24(28)31)13-14-23(30)33-17-8-16-29-22-12-7-5-10-19(22)27-25(29)32/h4-7,9-12H,2-3,8,13-17H2,1H3,(H,27,32). The first kappa shape index (κ1) is 22.5. The summed E-state index contributed by atoms with van der Waals surface area (Å²) in [5, 5.41) is 0. The third kappa shape index (κ3) is 5.05. The van der Waals surface area contributed by atoms with Crippen molar-refractivity contribution in [2.45, 2.75) is 52.1 Å². The van der Waals surface area contributed by atoms with E-state index in [9.17, 15) is 14.4 Å². The molecule has 33 heavy (non-hydrogen) atoms. The molecule has 0 spiro atoms. The highest BCUT2D eigenvalue weighted by Crippen LogP contribution is 2.12. The van der Waals surface area contributed by atoms with E-state index in [2.05, 4.69) is 16.9 Å². The predicted molar refractivity (Wildman–Crippen MR) is 127 cm³/mol. The summed E-state index contributed by atoms with van der Waals surface area (Å²) < 4.78 is 8.73. The molecule has 0 saturated heterocycles. The Morgan fingerprint density at radius 3 is 2.52 bits per heavy atom.